The summed E-state index contributed by atoms with van der Waals surface area (Å²) in [6, 6.07) is 10.5. The molecule has 0 aliphatic carbocycles. The number of benzene rings is 2. The van der Waals surface area contributed by atoms with Gasteiger partial charge < -0.3 is 10.1 Å². The Morgan fingerprint density at radius 1 is 1.16 bits per heavy atom. The minimum atomic E-state index is -4.51. The van der Waals surface area contributed by atoms with E-state index >= 15 is 0 Å². The quantitative estimate of drug-likeness (QED) is 0.576. The molecule has 4 rings (SSSR count). The van der Waals surface area contributed by atoms with Gasteiger partial charge in [0, 0.05) is 12.1 Å². The molecule has 6 nitrogen and oxygen atoms in total. The largest absolute Gasteiger partial charge is 0.486 e. The molecule has 1 aliphatic rings. The van der Waals surface area contributed by atoms with Crippen molar-refractivity contribution in [2.45, 2.75) is 25.7 Å². The summed E-state index contributed by atoms with van der Waals surface area (Å²) in [6.45, 7) is 1.47. The number of halogens is 4. The number of amides is 1. The van der Waals surface area contributed by atoms with Crippen LogP contribution in [0.15, 0.2) is 42.5 Å². The number of hydrogen-bond donors (Lipinski definition) is 2. The minimum Gasteiger partial charge on any atom is -0.486 e. The molecule has 1 aromatic heterocycles. The molecule has 1 amide bonds. The lowest BCUT2D eigenvalue weighted by atomic mass is 9.98. The summed E-state index contributed by atoms with van der Waals surface area (Å²) in [7, 11) is 0. The van der Waals surface area contributed by atoms with Crippen LogP contribution in [-0.2, 0) is 25.7 Å². The Morgan fingerprint density at radius 2 is 1.97 bits per heavy atom. The summed E-state index contributed by atoms with van der Waals surface area (Å²) in [5, 5.41) is 14.3. The average molecular weight is 471 g/mol. The van der Waals surface area contributed by atoms with Crippen molar-refractivity contribution in [3.8, 4) is 5.75 Å². The molecule has 164 valence electrons. The monoisotopic (exact) mass is 470 g/mol. The molecule has 31 heavy (non-hydrogen) atoms. The van der Waals surface area contributed by atoms with Crippen LogP contribution in [0.1, 0.15) is 32.1 Å². The zero-order chi connectivity index (χ0) is 21.1. The van der Waals surface area contributed by atoms with E-state index in [0.717, 1.165) is 42.5 Å². The summed E-state index contributed by atoms with van der Waals surface area (Å²) in [6.07, 6.45) is -3.65. The molecule has 1 aliphatic heterocycles. The molecular formula is C20H18ClF3N4O2S. The topological polar surface area (TPSA) is 76.1 Å². The Kier molecular flexibility index (Phi) is 7.14. The van der Waals surface area contributed by atoms with Crippen LogP contribution in [0.2, 0.25) is 0 Å². The number of rotatable bonds is 5. The van der Waals surface area contributed by atoms with Crippen LogP contribution in [-0.4, -0.2) is 22.6 Å². The molecule has 0 unspecified atom stereocenters. The molecule has 0 saturated carbocycles. The lowest BCUT2D eigenvalue weighted by molar-refractivity contribution is -0.139. The van der Waals surface area contributed by atoms with E-state index in [1.165, 1.54) is 23.8 Å². The van der Waals surface area contributed by atoms with E-state index in [4.69, 9.17) is 4.74 Å². The number of carbonyl (C=O) groups is 1. The van der Waals surface area contributed by atoms with Gasteiger partial charge in [0.2, 0.25) is 5.13 Å². The molecule has 0 radical (unpaired) electrons. The van der Waals surface area contributed by atoms with Gasteiger partial charge in [-0.05, 0) is 48.4 Å². The molecule has 2 N–H and O–H groups in total. The summed E-state index contributed by atoms with van der Waals surface area (Å²) in [5.74, 6) is -0.600. The van der Waals surface area contributed by atoms with E-state index in [1.54, 1.807) is 6.07 Å². The predicted octanol–water partition coefficient (Wildman–Crippen LogP) is 4.46. The van der Waals surface area contributed by atoms with Crippen LogP contribution < -0.4 is 15.4 Å². The van der Waals surface area contributed by atoms with Crippen molar-refractivity contribution in [1.82, 2.24) is 15.5 Å². The number of aromatic nitrogens is 2. The van der Waals surface area contributed by atoms with Crippen LogP contribution in [0.3, 0.4) is 0 Å². The van der Waals surface area contributed by atoms with E-state index in [1.807, 2.05) is 12.1 Å². The van der Waals surface area contributed by atoms with Gasteiger partial charge in [-0.25, -0.2) is 0 Å². The van der Waals surface area contributed by atoms with E-state index in [9.17, 15) is 18.0 Å². The maximum Gasteiger partial charge on any atom is 0.419 e. The van der Waals surface area contributed by atoms with Crippen molar-refractivity contribution in [1.29, 1.82) is 0 Å². The summed E-state index contributed by atoms with van der Waals surface area (Å²) < 4.78 is 44.4. The van der Waals surface area contributed by atoms with Crippen molar-refractivity contribution >= 4 is 34.8 Å². The van der Waals surface area contributed by atoms with Gasteiger partial charge in [-0.2, -0.15) is 13.2 Å². The zero-order valence-corrected chi connectivity index (χ0v) is 17.7. The standard InChI is InChI=1S/C20H17F3N4O2S.ClH/c21-20(22,23)15-3-1-2-4-16(15)29-11-17-26-27-19(30-17)25-18(28)13-5-6-14-10-24-8-7-12(14)9-13;/h1-6,9,24H,7-8,10-11H2,(H,25,27,28);1H. The highest BCUT2D eigenvalue weighted by Crippen LogP contribution is 2.36. The number of alkyl halides is 3. The summed E-state index contributed by atoms with van der Waals surface area (Å²) in [4.78, 5) is 12.5. The second-order valence-electron chi connectivity index (χ2n) is 6.65. The van der Waals surface area contributed by atoms with Crippen LogP contribution >= 0.6 is 23.7 Å². The number of anilines is 1. The number of carbonyl (C=O) groups excluding carboxylic acids is 1. The van der Waals surface area contributed by atoms with Gasteiger partial charge >= 0.3 is 6.18 Å². The molecule has 0 saturated heterocycles. The first-order valence-electron chi connectivity index (χ1n) is 9.15. The highest BCUT2D eigenvalue weighted by Gasteiger charge is 2.34. The number of fused-ring (bicyclic) bond motifs is 1. The molecule has 3 aromatic rings. The van der Waals surface area contributed by atoms with Gasteiger partial charge in [-0.1, -0.05) is 29.5 Å². The molecule has 0 fully saturated rings. The molecule has 0 bridgehead atoms. The fourth-order valence-electron chi connectivity index (χ4n) is 3.12. The average Bonchev–Trinajstić information content (AvgIpc) is 3.18. The van der Waals surface area contributed by atoms with E-state index in [-0.39, 0.29) is 35.8 Å². The molecule has 11 heteroatoms. The molecular weight excluding hydrogens is 453 g/mol. The molecule has 2 heterocycles. The third-order valence-electron chi connectivity index (χ3n) is 4.59. The third kappa shape index (κ3) is 5.52. The third-order valence-corrected chi connectivity index (χ3v) is 5.40. The molecule has 2 aromatic carbocycles. The van der Waals surface area contributed by atoms with Crippen LogP contribution in [0, 0.1) is 0 Å². The zero-order valence-electron chi connectivity index (χ0n) is 16.0. The van der Waals surface area contributed by atoms with Crippen LogP contribution in [0.25, 0.3) is 0 Å². The number of nitrogens with one attached hydrogen (secondary N) is 2. The maximum atomic E-state index is 13.0. The van der Waals surface area contributed by atoms with Gasteiger partial charge in [0.1, 0.15) is 12.4 Å². The van der Waals surface area contributed by atoms with Crippen molar-refractivity contribution in [3.05, 3.63) is 69.7 Å². The minimum absolute atomic E-state index is 0. The summed E-state index contributed by atoms with van der Waals surface area (Å²) in [5.41, 5.74) is 1.97. The lowest BCUT2D eigenvalue weighted by Gasteiger charge is -2.17. The van der Waals surface area contributed by atoms with E-state index < -0.39 is 11.7 Å². The number of para-hydroxylation sites is 1. The second-order valence-corrected chi connectivity index (χ2v) is 7.71. The molecule has 0 atom stereocenters. The first kappa shape index (κ1) is 23.0. The Hall–Kier alpha value is -2.69. The Labute approximate surface area is 186 Å². The van der Waals surface area contributed by atoms with E-state index in [2.05, 4.69) is 20.8 Å². The van der Waals surface area contributed by atoms with Gasteiger partial charge in [0.05, 0.1) is 5.56 Å². The Morgan fingerprint density at radius 3 is 2.77 bits per heavy atom. The van der Waals surface area contributed by atoms with Crippen LogP contribution in [0.5, 0.6) is 5.75 Å². The highest BCUT2D eigenvalue weighted by molar-refractivity contribution is 7.15. The molecule has 0 spiro atoms. The first-order chi connectivity index (χ1) is 14.4. The lowest BCUT2D eigenvalue weighted by Crippen LogP contribution is -2.24. The van der Waals surface area contributed by atoms with E-state index in [0.29, 0.717) is 10.6 Å². The Balaban J connectivity index is 0.00000272. The number of ether oxygens (including phenoxy) is 1. The smallest absolute Gasteiger partial charge is 0.419 e. The van der Waals surface area contributed by atoms with Gasteiger partial charge in [-0.3, -0.25) is 10.1 Å². The van der Waals surface area contributed by atoms with Crippen molar-refractivity contribution in [3.63, 3.8) is 0 Å². The fraction of sp³-hybridized carbons (Fsp3) is 0.250. The predicted molar refractivity (Wildman–Crippen MR) is 113 cm³/mol. The van der Waals surface area contributed by atoms with Gasteiger partial charge in [0.15, 0.2) is 5.01 Å². The van der Waals surface area contributed by atoms with Gasteiger partial charge in [0.25, 0.3) is 5.91 Å². The maximum absolute atomic E-state index is 13.0. The number of nitrogens with zero attached hydrogens (tertiary/aromatic N) is 2. The van der Waals surface area contributed by atoms with Crippen molar-refractivity contribution in [2.75, 3.05) is 11.9 Å². The van der Waals surface area contributed by atoms with Crippen molar-refractivity contribution < 1.29 is 22.7 Å². The SMILES string of the molecule is Cl.O=C(Nc1nnc(COc2ccccc2C(F)(F)F)s1)c1ccc2c(c1)CCNC2. The van der Waals surface area contributed by atoms with Crippen molar-refractivity contribution in [2.24, 2.45) is 0 Å². The Bertz CT molecular complexity index is 1070. The normalized spacial score (nSPS) is 13.1. The number of hydrogen-bond acceptors (Lipinski definition) is 6. The van der Waals surface area contributed by atoms with Crippen LogP contribution in [0.4, 0.5) is 18.3 Å². The summed E-state index contributed by atoms with van der Waals surface area (Å²) >= 11 is 1.05. The second kappa shape index (κ2) is 9.63. The van der Waals surface area contributed by atoms with Gasteiger partial charge in [-0.15, -0.1) is 22.6 Å². The fourth-order valence-corrected chi connectivity index (χ4v) is 3.76. The first-order valence-corrected chi connectivity index (χ1v) is 9.97. The highest BCUT2D eigenvalue weighted by atomic mass is 35.5.